The first-order valence-electron chi connectivity index (χ1n) is 10.9. The molecule has 0 spiro atoms. The number of amides is 1. The van der Waals surface area contributed by atoms with Gasteiger partial charge in [-0.25, -0.2) is 17.6 Å². The summed E-state index contributed by atoms with van der Waals surface area (Å²) >= 11 is 6.06. The lowest BCUT2D eigenvalue weighted by Crippen LogP contribution is -2.38. The van der Waals surface area contributed by atoms with Crippen LogP contribution < -0.4 is 14.4 Å². The fraction of sp³-hybridized carbons (Fsp3) is 0.200. The molecule has 3 rings (SSSR count). The molecule has 0 aliphatic heterocycles. The molecule has 0 aliphatic carbocycles. The van der Waals surface area contributed by atoms with Crippen molar-refractivity contribution in [2.24, 2.45) is 0 Å². The maximum atomic E-state index is 13.4. The maximum absolute atomic E-state index is 13.4. The molecule has 0 atom stereocenters. The number of ether oxygens (including phenoxy) is 2. The number of anilines is 2. The minimum absolute atomic E-state index is 0.0543. The van der Waals surface area contributed by atoms with E-state index in [1.807, 2.05) is 6.92 Å². The minimum atomic E-state index is -4.25. The Labute approximate surface area is 213 Å². The Hall–Kier alpha value is -3.63. The zero-order chi connectivity index (χ0) is 26.3. The lowest BCUT2D eigenvalue weighted by molar-refractivity contribution is -0.114. The number of nitrogens with zero attached hydrogens (tertiary/aromatic N) is 1. The Morgan fingerprint density at radius 1 is 0.972 bits per heavy atom. The first-order chi connectivity index (χ1) is 17.1. The zero-order valence-corrected chi connectivity index (χ0v) is 21.1. The molecule has 0 heterocycles. The molecule has 190 valence electrons. The number of benzene rings is 3. The molecule has 1 N–H and O–H groups in total. The van der Waals surface area contributed by atoms with Gasteiger partial charge in [0, 0.05) is 5.69 Å². The Kier molecular flexibility index (Phi) is 8.89. The van der Waals surface area contributed by atoms with Gasteiger partial charge in [-0.1, -0.05) is 11.6 Å². The standard InChI is InChI=1S/C25H24ClFN2O6S/c1-3-34-20-10-8-19(9-11-20)29(36(32,33)21-12-5-17(27)6-13-21)16-24(30)28-18-7-14-23(26)22(15-18)25(31)35-4-2/h5-15H,3-4,16H2,1-2H3,(H,28,30). The molecule has 3 aromatic rings. The van der Waals surface area contributed by atoms with Gasteiger partial charge in [-0.3, -0.25) is 9.10 Å². The Balaban J connectivity index is 1.91. The van der Waals surface area contributed by atoms with Gasteiger partial charge in [-0.2, -0.15) is 0 Å². The smallest absolute Gasteiger partial charge is 0.339 e. The van der Waals surface area contributed by atoms with Crippen LogP contribution in [0.3, 0.4) is 0 Å². The van der Waals surface area contributed by atoms with Crippen molar-refractivity contribution in [2.75, 3.05) is 29.4 Å². The summed E-state index contributed by atoms with van der Waals surface area (Å²) in [4.78, 5) is 24.9. The van der Waals surface area contributed by atoms with Crippen molar-refractivity contribution in [2.45, 2.75) is 18.7 Å². The number of sulfonamides is 1. The second kappa shape index (κ2) is 11.9. The molecule has 0 fully saturated rings. The zero-order valence-electron chi connectivity index (χ0n) is 19.5. The Morgan fingerprint density at radius 2 is 1.64 bits per heavy atom. The molecule has 3 aromatic carbocycles. The Bertz CT molecular complexity index is 1330. The van der Waals surface area contributed by atoms with Crippen LogP contribution in [0, 0.1) is 5.82 Å². The van der Waals surface area contributed by atoms with Crippen LogP contribution in [0.5, 0.6) is 5.75 Å². The van der Waals surface area contributed by atoms with Crippen LogP contribution in [0.4, 0.5) is 15.8 Å². The molecule has 0 aromatic heterocycles. The van der Waals surface area contributed by atoms with Gasteiger partial charge in [0.2, 0.25) is 5.91 Å². The van der Waals surface area contributed by atoms with Gasteiger partial charge in [0.05, 0.1) is 34.4 Å². The van der Waals surface area contributed by atoms with E-state index < -0.39 is 34.3 Å². The number of carbonyl (C=O) groups excluding carboxylic acids is 2. The largest absolute Gasteiger partial charge is 0.494 e. The van der Waals surface area contributed by atoms with E-state index in [-0.39, 0.29) is 33.5 Å². The number of halogens is 2. The van der Waals surface area contributed by atoms with Crippen LogP contribution >= 0.6 is 11.6 Å². The lowest BCUT2D eigenvalue weighted by Gasteiger charge is -2.24. The highest BCUT2D eigenvalue weighted by Crippen LogP contribution is 2.27. The number of esters is 1. The van der Waals surface area contributed by atoms with Crippen molar-refractivity contribution in [1.29, 1.82) is 0 Å². The number of nitrogens with one attached hydrogen (secondary N) is 1. The highest BCUT2D eigenvalue weighted by Gasteiger charge is 2.27. The normalized spacial score (nSPS) is 11.0. The first-order valence-corrected chi connectivity index (χ1v) is 12.7. The number of carbonyl (C=O) groups is 2. The molecule has 0 saturated carbocycles. The third-order valence-electron chi connectivity index (χ3n) is 4.87. The summed E-state index contributed by atoms with van der Waals surface area (Å²) in [6.45, 7) is 3.42. The third kappa shape index (κ3) is 6.52. The summed E-state index contributed by atoms with van der Waals surface area (Å²) in [5.74, 6) is -1.42. The summed E-state index contributed by atoms with van der Waals surface area (Å²) in [6.07, 6.45) is 0. The monoisotopic (exact) mass is 534 g/mol. The summed E-state index contributed by atoms with van der Waals surface area (Å²) in [5.41, 5.74) is 0.471. The maximum Gasteiger partial charge on any atom is 0.339 e. The molecule has 0 aliphatic rings. The fourth-order valence-corrected chi connectivity index (χ4v) is 4.84. The molecular weight excluding hydrogens is 511 g/mol. The van der Waals surface area contributed by atoms with E-state index in [9.17, 15) is 22.4 Å². The molecule has 0 radical (unpaired) electrons. The van der Waals surface area contributed by atoms with Crippen molar-refractivity contribution in [3.8, 4) is 5.75 Å². The SMILES string of the molecule is CCOC(=O)c1cc(NC(=O)CN(c2ccc(OCC)cc2)S(=O)(=O)c2ccc(F)cc2)ccc1Cl. The van der Waals surface area contributed by atoms with Gasteiger partial charge < -0.3 is 14.8 Å². The summed E-state index contributed by atoms with van der Waals surface area (Å²) in [6, 6.07) is 14.7. The van der Waals surface area contributed by atoms with Crippen molar-refractivity contribution in [3.63, 3.8) is 0 Å². The van der Waals surface area contributed by atoms with E-state index in [4.69, 9.17) is 21.1 Å². The predicted molar refractivity (Wildman–Crippen MR) is 135 cm³/mol. The summed E-state index contributed by atoms with van der Waals surface area (Å²) < 4.78 is 51.5. The van der Waals surface area contributed by atoms with Crippen LogP contribution in [0.15, 0.2) is 71.6 Å². The van der Waals surface area contributed by atoms with Crippen molar-refractivity contribution < 1.29 is 31.9 Å². The van der Waals surface area contributed by atoms with E-state index in [2.05, 4.69) is 5.32 Å². The Morgan fingerprint density at radius 3 is 2.25 bits per heavy atom. The van der Waals surface area contributed by atoms with E-state index in [0.717, 1.165) is 28.6 Å². The van der Waals surface area contributed by atoms with Crippen LogP contribution in [0.2, 0.25) is 5.02 Å². The van der Waals surface area contributed by atoms with E-state index in [0.29, 0.717) is 12.4 Å². The van der Waals surface area contributed by atoms with Gasteiger partial charge in [0.25, 0.3) is 10.0 Å². The minimum Gasteiger partial charge on any atom is -0.494 e. The van der Waals surface area contributed by atoms with Crippen molar-refractivity contribution >= 4 is 44.9 Å². The topological polar surface area (TPSA) is 102 Å². The van der Waals surface area contributed by atoms with Crippen LogP contribution in [0.1, 0.15) is 24.2 Å². The van der Waals surface area contributed by atoms with Gasteiger partial charge in [0.1, 0.15) is 18.1 Å². The second-order valence-electron chi connectivity index (χ2n) is 7.36. The number of hydrogen-bond donors (Lipinski definition) is 1. The van der Waals surface area contributed by atoms with E-state index >= 15 is 0 Å². The highest BCUT2D eigenvalue weighted by molar-refractivity contribution is 7.92. The van der Waals surface area contributed by atoms with Crippen LogP contribution in [-0.4, -0.2) is 40.1 Å². The van der Waals surface area contributed by atoms with Crippen LogP contribution in [-0.2, 0) is 19.6 Å². The van der Waals surface area contributed by atoms with Crippen molar-refractivity contribution in [3.05, 3.63) is 83.1 Å². The molecule has 0 bridgehead atoms. The third-order valence-corrected chi connectivity index (χ3v) is 6.99. The first kappa shape index (κ1) is 27.0. The summed E-state index contributed by atoms with van der Waals surface area (Å²) in [5, 5.41) is 2.72. The fourth-order valence-electron chi connectivity index (χ4n) is 3.22. The van der Waals surface area contributed by atoms with Crippen LogP contribution in [0.25, 0.3) is 0 Å². The quantitative estimate of drug-likeness (QED) is 0.372. The lowest BCUT2D eigenvalue weighted by atomic mass is 10.2. The van der Waals surface area contributed by atoms with Gasteiger partial charge >= 0.3 is 5.97 Å². The average Bonchev–Trinajstić information content (AvgIpc) is 2.85. The van der Waals surface area contributed by atoms with E-state index in [1.54, 1.807) is 19.1 Å². The molecule has 0 saturated heterocycles. The summed E-state index contributed by atoms with van der Waals surface area (Å²) in [7, 11) is -4.25. The molecular formula is C25H24ClFN2O6S. The van der Waals surface area contributed by atoms with Crippen molar-refractivity contribution in [1.82, 2.24) is 0 Å². The van der Waals surface area contributed by atoms with Gasteiger partial charge in [-0.15, -0.1) is 0 Å². The molecule has 8 nitrogen and oxygen atoms in total. The number of hydrogen-bond acceptors (Lipinski definition) is 6. The average molecular weight is 535 g/mol. The van der Waals surface area contributed by atoms with E-state index in [1.165, 1.54) is 30.3 Å². The molecule has 1 amide bonds. The van der Waals surface area contributed by atoms with Gasteiger partial charge in [0.15, 0.2) is 0 Å². The number of rotatable bonds is 10. The molecule has 36 heavy (non-hydrogen) atoms. The second-order valence-corrected chi connectivity index (χ2v) is 9.63. The molecule has 11 heteroatoms. The van der Waals surface area contributed by atoms with Gasteiger partial charge in [-0.05, 0) is 80.6 Å². The predicted octanol–water partition coefficient (Wildman–Crippen LogP) is 4.89. The highest BCUT2D eigenvalue weighted by atomic mass is 35.5. The molecule has 0 unspecified atom stereocenters.